The Labute approximate surface area is 193 Å². The molecule has 9 heteroatoms. The number of rotatable bonds is 8. The zero-order valence-electron chi connectivity index (χ0n) is 16.9. The number of anilines is 1. The summed E-state index contributed by atoms with van der Waals surface area (Å²) in [6, 6.07) is 11.2. The number of para-hydroxylation sites is 1. The van der Waals surface area contributed by atoms with E-state index in [1.54, 1.807) is 12.1 Å². The summed E-state index contributed by atoms with van der Waals surface area (Å²) in [5, 5.41) is 12.6. The standard InChI is InChI=1S/C21H22BrClN4O2S/c1-4-27-19(11-29-18-8-6-5-7-16(18)23)25-26-21(27)30-12-20(28)24-17-10-14(3)13(2)9-15(17)22/h5-10H,4,11-12H2,1-3H3,(H,24,28). The van der Waals surface area contributed by atoms with Crippen molar-refractivity contribution < 1.29 is 9.53 Å². The van der Waals surface area contributed by atoms with E-state index in [-0.39, 0.29) is 18.3 Å². The Morgan fingerprint density at radius 1 is 1.23 bits per heavy atom. The molecule has 0 fully saturated rings. The Balaban J connectivity index is 1.61. The van der Waals surface area contributed by atoms with Gasteiger partial charge in [0.25, 0.3) is 0 Å². The third-order valence-corrected chi connectivity index (χ3v) is 6.43. The van der Waals surface area contributed by atoms with Crippen molar-refractivity contribution in [3.63, 3.8) is 0 Å². The molecule has 2 aromatic carbocycles. The maximum absolute atomic E-state index is 12.4. The molecule has 0 saturated heterocycles. The first-order valence-electron chi connectivity index (χ1n) is 9.37. The fourth-order valence-electron chi connectivity index (χ4n) is 2.75. The molecule has 6 nitrogen and oxygen atoms in total. The predicted molar refractivity (Wildman–Crippen MR) is 124 cm³/mol. The summed E-state index contributed by atoms with van der Waals surface area (Å²) in [7, 11) is 0. The van der Waals surface area contributed by atoms with Crippen molar-refractivity contribution >= 4 is 50.9 Å². The average molecular weight is 510 g/mol. The van der Waals surface area contributed by atoms with Gasteiger partial charge >= 0.3 is 0 Å². The van der Waals surface area contributed by atoms with Crippen LogP contribution in [0.2, 0.25) is 5.02 Å². The summed E-state index contributed by atoms with van der Waals surface area (Å²) in [4.78, 5) is 12.4. The number of hydrogen-bond donors (Lipinski definition) is 1. The number of aryl methyl sites for hydroxylation is 2. The highest BCUT2D eigenvalue weighted by Crippen LogP contribution is 2.27. The topological polar surface area (TPSA) is 69.0 Å². The van der Waals surface area contributed by atoms with E-state index in [2.05, 4.69) is 31.4 Å². The van der Waals surface area contributed by atoms with Gasteiger partial charge in [0.05, 0.1) is 16.5 Å². The number of nitrogens with one attached hydrogen (secondary N) is 1. The van der Waals surface area contributed by atoms with Gasteiger partial charge in [-0.05, 0) is 72.1 Å². The predicted octanol–water partition coefficient (Wildman–Crippen LogP) is 5.64. The van der Waals surface area contributed by atoms with Crippen molar-refractivity contribution in [3.8, 4) is 5.75 Å². The second-order valence-electron chi connectivity index (χ2n) is 6.62. The number of carbonyl (C=O) groups is 1. The smallest absolute Gasteiger partial charge is 0.234 e. The Morgan fingerprint density at radius 3 is 2.70 bits per heavy atom. The van der Waals surface area contributed by atoms with E-state index >= 15 is 0 Å². The molecule has 3 rings (SSSR count). The number of hydrogen-bond acceptors (Lipinski definition) is 5. The van der Waals surface area contributed by atoms with Gasteiger partial charge in [0.2, 0.25) is 5.91 Å². The Hall–Kier alpha value is -2.03. The van der Waals surface area contributed by atoms with Crippen LogP contribution in [0.3, 0.4) is 0 Å². The molecule has 0 unspecified atom stereocenters. The van der Waals surface area contributed by atoms with Crippen LogP contribution in [0.25, 0.3) is 0 Å². The van der Waals surface area contributed by atoms with E-state index in [1.165, 1.54) is 11.8 Å². The maximum atomic E-state index is 12.4. The van der Waals surface area contributed by atoms with Crippen molar-refractivity contribution in [2.24, 2.45) is 0 Å². The molecule has 0 aliphatic carbocycles. The van der Waals surface area contributed by atoms with Gasteiger partial charge in [0, 0.05) is 11.0 Å². The van der Waals surface area contributed by atoms with Crippen LogP contribution in [0.15, 0.2) is 46.0 Å². The fraction of sp³-hybridized carbons (Fsp3) is 0.286. The van der Waals surface area contributed by atoms with Crippen LogP contribution in [0.5, 0.6) is 5.75 Å². The first-order valence-corrected chi connectivity index (χ1v) is 11.5. The number of nitrogens with zero attached hydrogens (tertiary/aromatic N) is 3. The summed E-state index contributed by atoms with van der Waals surface area (Å²) in [5.74, 6) is 1.39. The average Bonchev–Trinajstić information content (AvgIpc) is 3.11. The zero-order chi connectivity index (χ0) is 21.7. The molecule has 0 bridgehead atoms. The van der Waals surface area contributed by atoms with Gasteiger partial charge in [0.1, 0.15) is 12.4 Å². The molecule has 1 aromatic heterocycles. The van der Waals surface area contributed by atoms with Gasteiger partial charge in [-0.25, -0.2) is 0 Å². The molecule has 1 heterocycles. The lowest BCUT2D eigenvalue weighted by atomic mass is 10.1. The quantitative estimate of drug-likeness (QED) is 0.398. The van der Waals surface area contributed by atoms with Crippen LogP contribution in [-0.4, -0.2) is 26.4 Å². The lowest BCUT2D eigenvalue weighted by Crippen LogP contribution is -2.15. The van der Waals surface area contributed by atoms with Gasteiger partial charge in [-0.1, -0.05) is 35.5 Å². The fourth-order valence-corrected chi connectivity index (χ4v) is 4.32. The van der Waals surface area contributed by atoms with Gasteiger partial charge < -0.3 is 14.6 Å². The molecular weight excluding hydrogens is 488 g/mol. The molecule has 0 radical (unpaired) electrons. The minimum atomic E-state index is -0.108. The number of thioether (sulfide) groups is 1. The molecule has 158 valence electrons. The maximum Gasteiger partial charge on any atom is 0.234 e. The van der Waals surface area contributed by atoms with Crippen LogP contribution in [0, 0.1) is 13.8 Å². The van der Waals surface area contributed by atoms with Crippen LogP contribution in [0.4, 0.5) is 5.69 Å². The van der Waals surface area contributed by atoms with Crippen molar-refractivity contribution in [1.29, 1.82) is 0 Å². The highest BCUT2D eigenvalue weighted by molar-refractivity contribution is 9.10. The highest BCUT2D eigenvalue weighted by atomic mass is 79.9. The largest absolute Gasteiger partial charge is 0.484 e. The number of aromatic nitrogens is 3. The van der Waals surface area contributed by atoms with Crippen LogP contribution >= 0.6 is 39.3 Å². The lowest BCUT2D eigenvalue weighted by Gasteiger charge is -2.11. The summed E-state index contributed by atoms with van der Waals surface area (Å²) < 4.78 is 8.56. The molecule has 0 aliphatic rings. The van der Waals surface area contributed by atoms with Gasteiger partial charge in [-0.3, -0.25) is 4.79 Å². The molecule has 0 aliphatic heterocycles. The van der Waals surface area contributed by atoms with Gasteiger partial charge in [-0.15, -0.1) is 10.2 Å². The minimum Gasteiger partial charge on any atom is -0.484 e. The molecular formula is C21H22BrClN4O2S. The second-order valence-corrected chi connectivity index (χ2v) is 8.82. The third-order valence-electron chi connectivity index (χ3n) is 4.49. The number of halogens is 2. The number of ether oxygens (including phenoxy) is 1. The molecule has 30 heavy (non-hydrogen) atoms. The first kappa shape index (κ1) is 22.7. The minimum absolute atomic E-state index is 0.108. The summed E-state index contributed by atoms with van der Waals surface area (Å²) in [5.41, 5.74) is 3.04. The Kier molecular flexibility index (Phi) is 7.80. The summed E-state index contributed by atoms with van der Waals surface area (Å²) in [6.07, 6.45) is 0. The Morgan fingerprint density at radius 2 is 1.97 bits per heavy atom. The summed E-state index contributed by atoms with van der Waals surface area (Å²) in [6.45, 7) is 6.96. The van der Waals surface area contributed by atoms with E-state index in [9.17, 15) is 4.79 Å². The number of carbonyl (C=O) groups excluding carboxylic acids is 1. The molecule has 0 spiro atoms. The van der Waals surface area contributed by atoms with Crippen LogP contribution < -0.4 is 10.1 Å². The van der Waals surface area contributed by atoms with Crippen LogP contribution in [0.1, 0.15) is 23.9 Å². The molecule has 3 aromatic rings. The molecule has 1 N–H and O–H groups in total. The van der Waals surface area contributed by atoms with Crippen molar-refractivity contribution in [2.75, 3.05) is 11.1 Å². The zero-order valence-corrected chi connectivity index (χ0v) is 20.1. The molecule has 0 saturated carbocycles. The number of benzene rings is 2. The SMILES string of the molecule is CCn1c(COc2ccccc2Cl)nnc1SCC(=O)Nc1cc(C)c(C)cc1Br. The first-order chi connectivity index (χ1) is 14.4. The monoisotopic (exact) mass is 508 g/mol. The van der Waals surface area contributed by atoms with Gasteiger partial charge in [-0.2, -0.15) is 0 Å². The molecule has 1 amide bonds. The van der Waals surface area contributed by atoms with Crippen molar-refractivity contribution in [3.05, 3.63) is 62.8 Å². The van der Waals surface area contributed by atoms with Crippen molar-refractivity contribution in [1.82, 2.24) is 14.8 Å². The second kappa shape index (κ2) is 10.3. The molecule has 0 atom stereocenters. The van der Waals surface area contributed by atoms with E-state index in [0.29, 0.717) is 28.3 Å². The Bertz CT molecular complexity index is 1060. The number of amides is 1. The van der Waals surface area contributed by atoms with E-state index in [4.69, 9.17) is 16.3 Å². The van der Waals surface area contributed by atoms with Crippen LogP contribution in [-0.2, 0) is 17.9 Å². The third kappa shape index (κ3) is 5.56. The van der Waals surface area contributed by atoms with Crippen molar-refractivity contribution in [2.45, 2.75) is 39.1 Å². The summed E-state index contributed by atoms with van der Waals surface area (Å²) >= 11 is 11.0. The van der Waals surface area contributed by atoms with E-state index in [1.807, 2.05) is 49.6 Å². The van der Waals surface area contributed by atoms with E-state index in [0.717, 1.165) is 21.3 Å². The normalized spacial score (nSPS) is 10.8. The lowest BCUT2D eigenvalue weighted by molar-refractivity contribution is -0.113. The van der Waals surface area contributed by atoms with E-state index < -0.39 is 0 Å². The highest BCUT2D eigenvalue weighted by Gasteiger charge is 2.15. The van der Waals surface area contributed by atoms with Gasteiger partial charge in [0.15, 0.2) is 11.0 Å².